The molecule has 9 nitrogen and oxygen atoms in total. The molecular weight excluding hydrogens is 330 g/mol. The number of carboxylic acids is 1. The molecule has 1 heterocycles. The summed E-state index contributed by atoms with van der Waals surface area (Å²) in [5.74, 6) is -0.0713. The minimum atomic E-state index is -1.13. The number of ether oxygens (including phenoxy) is 2. The van der Waals surface area contributed by atoms with Crippen LogP contribution in [0.5, 0.6) is 11.5 Å². The molecule has 0 unspecified atom stereocenters. The second-order valence-corrected chi connectivity index (χ2v) is 4.98. The van der Waals surface area contributed by atoms with Gasteiger partial charge in [-0.05, 0) is 24.6 Å². The summed E-state index contributed by atoms with van der Waals surface area (Å²) in [5.41, 5.74) is 0.304. The molecule has 0 spiro atoms. The molecule has 0 amide bonds. The van der Waals surface area contributed by atoms with Gasteiger partial charge in [-0.15, -0.1) is 0 Å². The third-order valence-electron chi connectivity index (χ3n) is 3.45. The van der Waals surface area contributed by atoms with Crippen LogP contribution in [-0.2, 0) is 6.42 Å². The number of nitrogens with zero attached hydrogens (tertiary/aromatic N) is 2. The molecule has 9 heteroatoms. The fourth-order valence-electron chi connectivity index (χ4n) is 2.26. The molecule has 0 atom stereocenters. The summed E-state index contributed by atoms with van der Waals surface area (Å²) in [7, 11) is 2.86. The number of rotatable bonds is 8. The van der Waals surface area contributed by atoms with Crippen molar-refractivity contribution < 1.29 is 24.3 Å². The van der Waals surface area contributed by atoms with Crippen molar-refractivity contribution >= 4 is 17.5 Å². The monoisotopic (exact) mass is 347 g/mol. The molecule has 1 aromatic heterocycles. The van der Waals surface area contributed by atoms with Gasteiger partial charge in [0.25, 0.3) is 5.69 Å². The van der Waals surface area contributed by atoms with E-state index in [0.29, 0.717) is 30.1 Å². The van der Waals surface area contributed by atoms with Gasteiger partial charge in [0.2, 0.25) is 0 Å². The molecule has 2 rings (SSSR count). The van der Waals surface area contributed by atoms with Gasteiger partial charge in [0.15, 0.2) is 17.2 Å². The van der Waals surface area contributed by atoms with E-state index in [1.807, 2.05) is 0 Å². The number of nitro benzene ring substituents is 1. The van der Waals surface area contributed by atoms with Crippen LogP contribution in [0, 0.1) is 10.1 Å². The Morgan fingerprint density at radius 2 is 1.96 bits per heavy atom. The van der Waals surface area contributed by atoms with E-state index in [4.69, 9.17) is 14.6 Å². The molecular formula is C16H17N3O6. The largest absolute Gasteiger partial charge is 0.493 e. The highest BCUT2D eigenvalue weighted by Gasteiger charge is 2.19. The lowest BCUT2D eigenvalue weighted by molar-refractivity contribution is -0.385. The number of hydrogen-bond acceptors (Lipinski definition) is 7. The lowest BCUT2D eigenvalue weighted by Crippen LogP contribution is -2.10. The van der Waals surface area contributed by atoms with E-state index in [9.17, 15) is 14.9 Å². The number of pyridine rings is 1. The first-order valence-electron chi connectivity index (χ1n) is 7.29. The molecule has 0 saturated carbocycles. The average Bonchev–Trinajstić information content (AvgIpc) is 2.61. The van der Waals surface area contributed by atoms with Crippen molar-refractivity contribution in [2.75, 3.05) is 26.1 Å². The van der Waals surface area contributed by atoms with E-state index in [1.54, 1.807) is 18.2 Å². The van der Waals surface area contributed by atoms with Crippen LogP contribution in [0.2, 0.25) is 0 Å². The summed E-state index contributed by atoms with van der Waals surface area (Å²) in [6.07, 6.45) is 0.315. The van der Waals surface area contributed by atoms with Crippen LogP contribution in [0.25, 0.3) is 0 Å². The summed E-state index contributed by atoms with van der Waals surface area (Å²) in [5, 5.41) is 23.1. The SMILES string of the molecule is COc1cc(CCNc2cccc(C(=O)O)n2)c([N+](=O)[O-])cc1OC. The fourth-order valence-corrected chi connectivity index (χ4v) is 2.26. The topological polar surface area (TPSA) is 124 Å². The molecule has 0 aliphatic carbocycles. The highest BCUT2D eigenvalue weighted by atomic mass is 16.6. The Labute approximate surface area is 143 Å². The van der Waals surface area contributed by atoms with Gasteiger partial charge in [-0.25, -0.2) is 9.78 Å². The van der Waals surface area contributed by atoms with Gasteiger partial charge in [-0.3, -0.25) is 10.1 Å². The zero-order valence-corrected chi connectivity index (χ0v) is 13.7. The van der Waals surface area contributed by atoms with Crippen molar-refractivity contribution in [3.8, 4) is 11.5 Å². The number of nitro groups is 1. The van der Waals surface area contributed by atoms with Gasteiger partial charge < -0.3 is 19.9 Å². The standard InChI is InChI=1S/C16H17N3O6/c1-24-13-8-10(12(19(22)23)9-14(13)25-2)6-7-17-15-5-3-4-11(18-15)16(20)21/h3-5,8-9H,6-7H2,1-2H3,(H,17,18)(H,20,21). The number of carbonyl (C=O) groups is 1. The van der Waals surface area contributed by atoms with Gasteiger partial charge in [0.1, 0.15) is 5.82 Å². The molecule has 1 aromatic carbocycles. The minimum Gasteiger partial charge on any atom is -0.493 e. The minimum absolute atomic E-state index is 0.0771. The van der Waals surface area contributed by atoms with Crippen LogP contribution >= 0.6 is 0 Å². The number of aromatic carboxylic acids is 1. The number of anilines is 1. The van der Waals surface area contributed by atoms with Crippen molar-refractivity contribution in [1.82, 2.24) is 4.98 Å². The van der Waals surface area contributed by atoms with Crippen LogP contribution in [0.15, 0.2) is 30.3 Å². The first kappa shape index (κ1) is 18.0. The molecule has 2 aromatic rings. The van der Waals surface area contributed by atoms with E-state index >= 15 is 0 Å². The van der Waals surface area contributed by atoms with Gasteiger partial charge in [0, 0.05) is 12.1 Å². The number of aromatic nitrogens is 1. The Bertz CT molecular complexity index is 793. The maximum Gasteiger partial charge on any atom is 0.354 e. The van der Waals surface area contributed by atoms with Crippen LogP contribution in [-0.4, -0.2) is 41.7 Å². The summed E-state index contributed by atoms with van der Waals surface area (Å²) >= 11 is 0. The van der Waals surface area contributed by atoms with E-state index < -0.39 is 10.9 Å². The van der Waals surface area contributed by atoms with E-state index in [1.165, 1.54) is 26.4 Å². The Balaban J connectivity index is 2.15. The molecule has 25 heavy (non-hydrogen) atoms. The van der Waals surface area contributed by atoms with Gasteiger partial charge in [-0.2, -0.15) is 0 Å². The zero-order valence-electron chi connectivity index (χ0n) is 13.7. The fraction of sp³-hybridized carbons (Fsp3) is 0.250. The second kappa shape index (κ2) is 7.95. The van der Waals surface area contributed by atoms with Gasteiger partial charge >= 0.3 is 5.97 Å². The number of carboxylic acid groups (broad SMARTS) is 1. The van der Waals surface area contributed by atoms with Crippen molar-refractivity contribution in [3.63, 3.8) is 0 Å². The highest BCUT2D eigenvalue weighted by molar-refractivity contribution is 5.85. The first-order valence-corrected chi connectivity index (χ1v) is 7.29. The van der Waals surface area contributed by atoms with E-state index in [-0.39, 0.29) is 17.1 Å². The number of benzene rings is 1. The third-order valence-corrected chi connectivity index (χ3v) is 3.45. The summed E-state index contributed by atoms with van der Waals surface area (Å²) in [6, 6.07) is 7.44. The summed E-state index contributed by atoms with van der Waals surface area (Å²) < 4.78 is 10.3. The molecule has 0 fully saturated rings. The van der Waals surface area contributed by atoms with Crippen LogP contribution in [0.3, 0.4) is 0 Å². The molecule has 0 aliphatic heterocycles. The van der Waals surface area contributed by atoms with E-state index in [0.717, 1.165) is 0 Å². The Kier molecular flexibility index (Phi) is 5.72. The Morgan fingerprint density at radius 1 is 1.28 bits per heavy atom. The van der Waals surface area contributed by atoms with Crippen molar-refractivity contribution in [2.24, 2.45) is 0 Å². The molecule has 132 valence electrons. The zero-order chi connectivity index (χ0) is 18.4. The predicted octanol–water partition coefficient (Wildman–Crippen LogP) is 2.36. The van der Waals surface area contributed by atoms with Gasteiger partial charge in [0.05, 0.1) is 25.2 Å². The lowest BCUT2D eigenvalue weighted by atomic mass is 10.1. The molecule has 0 radical (unpaired) electrons. The van der Waals surface area contributed by atoms with E-state index in [2.05, 4.69) is 10.3 Å². The molecule has 0 bridgehead atoms. The quantitative estimate of drug-likeness (QED) is 0.551. The lowest BCUT2D eigenvalue weighted by Gasteiger charge is -2.11. The maximum absolute atomic E-state index is 11.3. The molecule has 0 aliphatic rings. The van der Waals surface area contributed by atoms with Crippen LogP contribution in [0.4, 0.5) is 11.5 Å². The molecule has 2 N–H and O–H groups in total. The van der Waals surface area contributed by atoms with Crippen LogP contribution in [0.1, 0.15) is 16.1 Å². The van der Waals surface area contributed by atoms with Crippen LogP contribution < -0.4 is 14.8 Å². The van der Waals surface area contributed by atoms with Gasteiger partial charge in [-0.1, -0.05) is 6.07 Å². The predicted molar refractivity (Wildman–Crippen MR) is 89.6 cm³/mol. The second-order valence-electron chi connectivity index (χ2n) is 4.98. The maximum atomic E-state index is 11.3. The molecule has 0 saturated heterocycles. The Morgan fingerprint density at radius 3 is 2.56 bits per heavy atom. The van der Waals surface area contributed by atoms with Crippen molar-refractivity contribution in [2.45, 2.75) is 6.42 Å². The normalized spacial score (nSPS) is 10.2. The van der Waals surface area contributed by atoms with Crippen molar-refractivity contribution in [1.29, 1.82) is 0 Å². The average molecular weight is 347 g/mol. The summed E-state index contributed by atoms with van der Waals surface area (Å²) in [6.45, 7) is 0.326. The van der Waals surface area contributed by atoms with Crippen molar-refractivity contribution in [3.05, 3.63) is 51.7 Å². The highest BCUT2D eigenvalue weighted by Crippen LogP contribution is 2.34. The number of methoxy groups -OCH3 is 2. The summed E-state index contributed by atoms with van der Waals surface area (Å²) in [4.78, 5) is 25.6. The smallest absolute Gasteiger partial charge is 0.354 e. The number of hydrogen-bond donors (Lipinski definition) is 2. The number of nitrogens with one attached hydrogen (secondary N) is 1. The first-order chi connectivity index (χ1) is 12.0. The Hall–Kier alpha value is -3.36. The third kappa shape index (κ3) is 4.34.